The average molecular weight is 380 g/mol. The Labute approximate surface area is 167 Å². The molecule has 4 rings (SSSR count). The number of pyridine rings is 1. The molecule has 0 atom stereocenters. The van der Waals surface area contributed by atoms with Gasteiger partial charge in [-0.25, -0.2) is 9.78 Å². The number of likely N-dealkylation sites (tertiary alicyclic amines) is 1. The van der Waals surface area contributed by atoms with Crippen LogP contribution in [0, 0.1) is 0 Å². The van der Waals surface area contributed by atoms with Gasteiger partial charge in [0.05, 0.1) is 5.69 Å². The summed E-state index contributed by atoms with van der Waals surface area (Å²) in [7, 11) is 1.90. The summed E-state index contributed by atoms with van der Waals surface area (Å²) in [6, 6.07) is 12.9. The Morgan fingerprint density at radius 1 is 1.14 bits per heavy atom. The number of piperidine rings is 1. The van der Waals surface area contributed by atoms with Crippen LogP contribution in [0.4, 0.5) is 10.6 Å². The van der Waals surface area contributed by atoms with Crippen LogP contribution in [0.15, 0.2) is 36.4 Å². The summed E-state index contributed by atoms with van der Waals surface area (Å²) in [5.41, 5.74) is 4.58. The first-order chi connectivity index (χ1) is 13.3. The number of hydrogen-bond donors (Lipinski definition) is 1. The first-order valence-corrected chi connectivity index (χ1v) is 10.1. The van der Waals surface area contributed by atoms with Gasteiger partial charge >= 0.3 is 6.09 Å². The number of hydrogen-bond acceptors (Lipinski definition) is 4. The quantitative estimate of drug-likeness (QED) is 0.786. The van der Waals surface area contributed by atoms with Gasteiger partial charge in [-0.05, 0) is 57.2 Å². The van der Waals surface area contributed by atoms with E-state index in [2.05, 4.69) is 41.7 Å². The van der Waals surface area contributed by atoms with Gasteiger partial charge in [0, 0.05) is 31.1 Å². The molecule has 1 aliphatic carbocycles. The zero-order valence-corrected chi connectivity index (χ0v) is 17.2. The van der Waals surface area contributed by atoms with Gasteiger partial charge in [0.1, 0.15) is 11.4 Å². The molecular weight excluding hydrogens is 350 g/mol. The second kappa shape index (κ2) is 6.80. The number of fused-ring (bicyclic) bond motifs is 4. The summed E-state index contributed by atoms with van der Waals surface area (Å²) in [6.07, 6.45) is 2.65. The van der Waals surface area contributed by atoms with Gasteiger partial charge in [-0.3, -0.25) is 0 Å². The number of nitrogens with zero attached hydrogens (tertiary/aromatic N) is 2. The molecule has 148 valence electrons. The maximum Gasteiger partial charge on any atom is 0.410 e. The Balaban J connectivity index is 1.62. The summed E-state index contributed by atoms with van der Waals surface area (Å²) < 4.78 is 5.57. The molecule has 1 N–H and O–H groups in total. The average Bonchev–Trinajstić information content (AvgIpc) is 2.67. The van der Waals surface area contributed by atoms with Crippen molar-refractivity contribution in [2.75, 3.05) is 25.5 Å². The van der Waals surface area contributed by atoms with E-state index in [9.17, 15) is 4.79 Å². The van der Waals surface area contributed by atoms with Crippen molar-refractivity contribution in [1.82, 2.24) is 9.88 Å². The number of anilines is 1. The van der Waals surface area contributed by atoms with E-state index < -0.39 is 5.60 Å². The van der Waals surface area contributed by atoms with Crippen LogP contribution >= 0.6 is 0 Å². The summed E-state index contributed by atoms with van der Waals surface area (Å²) in [5, 5.41) is 3.15. The second-order valence-corrected chi connectivity index (χ2v) is 8.92. The standard InChI is InChI=1S/C23H29N3O2/c1-22(2,3)28-21(27)26-13-11-23(12-14-26)15-16-9-10-19(24-4)25-20(16)17-7-5-6-8-18(17)23/h5-10H,11-15H2,1-4H3,(H,24,25). The van der Waals surface area contributed by atoms with Crippen LogP contribution < -0.4 is 5.32 Å². The molecule has 2 aromatic rings. The van der Waals surface area contributed by atoms with Crippen molar-refractivity contribution in [2.24, 2.45) is 0 Å². The van der Waals surface area contributed by atoms with E-state index in [-0.39, 0.29) is 11.5 Å². The first-order valence-electron chi connectivity index (χ1n) is 10.1. The Morgan fingerprint density at radius 3 is 2.54 bits per heavy atom. The molecule has 1 aliphatic heterocycles. The molecule has 2 heterocycles. The molecule has 0 radical (unpaired) electrons. The van der Waals surface area contributed by atoms with E-state index in [1.165, 1.54) is 16.7 Å². The minimum atomic E-state index is -0.459. The molecule has 0 bridgehead atoms. The third-order valence-electron chi connectivity index (χ3n) is 5.89. The molecule has 28 heavy (non-hydrogen) atoms. The minimum Gasteiger partial charge on any atom is -0.444 e. The van der Waals surface area contributed by atoms with Gasteiger partial charge in [0.15, 0.2) is 0 Å². The number of ether oxygens (including phenoxy) is 1. The number of carbonyl (C=O) groups is 1. The molecule has 1 fully saturated rings. The molecule has 1 aromatic carbocycles. The predicted octanol–water partition coefficient (Wildman–Crippen LogP) is 4.62. The highest BCUT2D eigenvalue weighted by molar-refractivity contribution is 5.74. The molecule has 1 aromatic heterocycles. The summed E-state index contributed by atoms with van der Waals surface area (Å²) >= 11 is 0. The molecule has 1 amide bonds. The van der Waals surface area contributed by atoms with Crippen LogP contribution in [-0.4, -0.2) is 41.7 Å². The molecule has 5 heteroatoms. The van der Waals surface area contributed by atoms with Crippen LogP contribution in [0.3, 0.4) is 0 Å². The van der Waals surface area contributed by atoms with Crippen molar-refractivity contribution >= 4 is 11.9 Å². The van der Waals surface area contributed by atoms with Crippen molar-refractivity contribution in [1.29, 1.82) is 0 Å². The second-order valence-electron chi connectivity index (χ2n) is 8.92. The zero-order valence-electron chi connectivity index (χ0n) is 17.2. The number of carbonyl (C=O) groups excluding carboxylic acids is 1. The number of rotatable bonds is 1. The minimum absolute atomic E-state index is 0.0605. The maximum atomic E-state index is 12.5. The monoisotopic (exact) mass is 379 g/mol. The van der Waals surface area contributed by atoms with Gasteiger partial charge in [-0.2, -0.15) is 0 Å². The first kappa shape index (κ1) is 18.8. The van der Waals surface area contributed by atoms with Crippen LogP contribution in [0.1, 0.15) is 44.7 Å². The van der Waals surface area contributed by atoms with Gasteiger partial charge in [0.25, 0.3) is 0 Å². The number of benzene rings is 1. The third-order valence-corrected chi connectivity index (χ3v) is 5.89. The number of nitrogens with one attached hydrogen (secondary N) is 1. The van der Waals surface area contributed by atoms with Gasteiger partial charge < -0.3 is 15.0 Å². The molecule has 2 aliphatic rings. The molecule has 0 saturated carbocycles. The number of aromatic nitrogens is 1. The smallest absolute Gasteiger partial charge is 0.410 e. The van der Waals surface area contributed by atoms with Crippen molar-refractivity contribution in [3.8, 4) is 11.3 Å². The van der Waals surface area contributed by atoms with Crippen molar-refractivity contribution in [3.05, 3.63) is 47.5 Å². The Kier molecular flexibility index (Phi) is 4.56. The highest BCUT2D eigenvalue weighted by Gasteiger charge is 2.43. The Morgan fingerprint density at radius 2 is 1.86 bits per heavy atom. The SMILES string of the molecule is CNc1ccc2c(n1)-c1ccccc1C1(CCN(C(=O)OC(C)(C)C)CC1)C2. The van der Waals surface area contributed by atoms with Gasteiger partial charge in [0.2, 0.25) is 0 Å². The fraction of sp³-hybridized carbons (Fsp3) is 0.478. The summed E-state index contributed by atoms with van der Waals surface area (Å²) in [4.78, 5) is 19.2. The highest BCUT2D eigenvalue weighted by Crippen LogP contribution is 2.48. The fourth-order valence-electron chi connectivity index (χ4n) is 4.50. The Bertz CT molecular complexity index is 893. The van der Waals surface area contributed by atoms with E-state index >= 15 is 0 Å². The van der Waals surface area contributed by atoms with E-state index in [0.29, 0.717) is 0 Å². The summed E-state index contributed by atoms with van der Waals surface area (Å²) in [5.74, 6) is 0.893. The van der Waals surface area contributed by atoms with Crippen molar-refractivity contribution < 1.29 is 9.53 Å². The molecule has 1 saturated heterocycles. The molecule has 1 spiro atoms. The predicted molar refractivity (Wildman–Crippen MR) is 112 cm³/mol. The molecule has 0 unspecified atom stereocenters. The highest BCUT2D eigenvalue weighted by atomic mass is 16.6. The van der Waals surface area contributed by atoms with E-state index in [1.54, 1.807) is 0 Å². The van der Waals surface area contributed by atoms with Gasteiger partial charge in [-0.15, -0.1) is 0 Å². The maximum absolute atomic E-state index is 12.5. The third kappa shape index (κ3) is 3.34. The number of amides is 1. The van der Waals surface area contributed by atoms with Crippen LogP contribution in [0.5, 0.6) is 0 Å². The molecule has 5 nitrogen and oxygen atoms in total. The lowest BCUT2D eigenvalue weighted by Crippen LogP contribution is -2.48. The lowest BCUT2D eigenvalue weighted by atomic mass is 9.64. The van der Waals surface area contributed by atoms with E-state index in [1.807, 2.05) is 32.7 Å². The van der Waals surface area contributed by atoms with Crippen LogP contribution in [0.25, 0.3) is 11.3 Å². The van der Waals surface area contributed by atoms with Crippen molar-refractivity contribution in [3.63, 3.8) is 0 Å². The van der Waals surface area contributed by atoms with Gasteiger partial charge in [-0.1, -0.05) is 30.3 Å². The van der Waals surface area contributed by atoms with Crippen LogP contribution in [0.2, 0.25) is 0 Å². The lowest BCUT2D eigenvalue weighted by Gasteiger charge is -2.45. The normalized spacial score (nSPS) is 17.6. The van der Waals surface area contributed by atoms with E-state index in [4.69, 9.17) is 9.72 Å². The zero-order chi connectivity index (χ0) is 19.9. The summed E-state index contributed by atoms with van der Waals surface area (Å²) in [6.45, 7) is 7.19. The van der Waals surface area contributed by atoms with Crippen LogP contribution in [-0.2, 0) is 16.6 Å². The molecular formula is C23H29N3O2. The largest absolute Gasteiger partial charge is 0.444 e. The lowest BCUT2D eigenvalue weighted by molar-refractivity contribution is 0.0162. The fourth-order valence-corrected chi connectivity index (χ4v) is 4.50. The topological polar surface area (TPSA) is 54.5 Å². The van der Waals surface area contributed by atoms with E-state index in [0.717, 1.165) is 43.9 Å². The van der Waals surface area contributed by atoms with Crippen molar-refractivity contribution in [2.45, 2.75) is 51.0 Å². The Hall–Kier alpha value is -2.56.